The molecule has 0 aliphatic rings. The largest absolute Gasteiger partial charge is 0.530 e. The number of rotatable bonds is 4. The van der Waals surface area contributed by atoms with Crippen LogP contribution in [0.15, 0.2) is 42.5 Å². The van der Waals surface area contributed by atoms with E-state index in [1.807, 2.05) is 0 Å². The normalized spacial score (nSPS) is 10.1. The van der Waals surface area contributed by atoms with Crippen LogP contribution in [0.2, 0.25) is 0 Å². The summed E-state index contributed by atoms with van der Waals surface area (Å²) in [4.78, 5) is 10.4. The Morgan fingerprint density at radius 3 is 2.50 bits per heavy atom. The average Bonchev–Trinajstić information content (AvgIpc) is 2.40. The zero-order valence-corrected chi connectivity index (χ0v) is 10.5. The molecule has 0 aliphatic carbocycles. The Hall–Kier alpha value is -2.76. The third-order valence-electron chi connectivity index (χ3n) is 2.70. The van der Waals surface area contributed by atoms with E-state index in [4.69, 9.17) is 5.73 Å². The second-order valence-corrected chi connectivity index (χ2v) is 4.19. The smallest absolute Gasteiger partial charge is 0.138 e. The number of anilines is 3. The molecule has 0 bridgehead atoms. The summed E-state index contributed by atoms with van der Waals surface area (Å²) in [7, 11) is 0. The molecule has 1 amide bonds. The fraction of sp³-hybridized carbons (Fsp3) is 0.0714. The van der Waals surface area contributed by atoms with Crippen LogP contribution in [0.3, 0.4) is 0 Å². The number of amides is 1. The second kappa shape index (κ2) is 5.92. The molecule has 0 fully saturated rings. The van der Waals surface area contributed by atoms with E-state index in [1.165, 1.54) is 18.2 Å². The molecule has 0 radical (unpaired) electrons. The van der Waals surface area contributed by atoms with Gasteiger partial charge in [-0.3, -0.25) is 0 Å². The van der Waals surface area contributed by atoms with Crippen molar-refractivity contribution >= 4 is 23.2 Å². The van der Waals surface area contributed by atoms with E-state index in [0.717, 1.165) is 11.3 Å². The van der Waals surface area contributed by atoms with Gasteiger partial charge in [0, 0.05) is 12.2 Å². The molecule has 0 saturated carbocycles. The zero-order valence-electron chi connectivity index (χ0n) is 10.5. The van der Waals surface area contributed by atoms with E-state index >= 15 is 0 Å². The highest BCUT2D eigenvalue weighted by molar-refractivity contribution is 5.87. The number of nitrogens with two attached hydrogens (primary N) is 1. The van der Waals surface area contributed by atoms with E-state index < -0.39 is 6.09 Å². The minimum atomic E-state index is -1.41. The van der Waals surface area contributed by atoms with Crippen molar-refractivity contribution in [3.05, 3.63) is 53.8 Å². The fourth-order valence-corrected chi connectivity index (χ4v) is 1.70. The summed E-state index contributed by atoms with van der Waals surface area (Å²) in [5.74, 6) is -0.282. The number of benzene rings is 2. The highest BCUT2D eigenvalue weighted by atomic mass is 19.1. The highest BCUT2D eigenvalue weighted by Crippen LogP contribution is 2.23. The van der Waals surface area contributed by atoms with Crippen LogP contribution in [-0.2, 0) is 6.54 Å². The monoisotopic (exact) mass is 274 g/mol. The summed E-state index contributed by atoms with van der Waals surface area (Å²) in [6.45, 7) is 0.507. The zero-order chi connectivity index (χ0) is 14.5. The Kier molecular flexibility index (Phi) is 4.05. The molecule has 0 aromatic heterocycles. The van der Waals surface area contributed by atoms with Crippen molar-refractivity contribution in [2.75, 3.05) is 16.4 Å². The number of carboxylic acid groups (broad SMARTS) is 1. The third kappa shape index (κ3) is 3.61. The molecule has 104 valence electrons. The summed E-state index contributed by atoms with van der Waals surface area (Å²) in [6, 6.07) is 11.0. The number of hydrogen-bond donors (Lipinski definition) is 3. The van der Waals surface area contributed by atoms with Crippen molar-refractivity contribution in [1.29, 1.82) is 0 Å². The van der Waals surface area contributed by atoms with Crippen LogP contribution in [0.4, 0.5) is 26.2 Å². The molecule has 5 nitrogen and oxygen atoms in total. The Morgan fingerprint density at radius 2 is 1.90 bits per heavy atom. The number of nitrogen functional groups attached to an aromatic ring is 1. The average molecular weight is 274 g/mol. The lowest BCUT2D eigenvalue weighted by Gasteiger charge is -2.12. The predicted octanol–water partition coefficient (Wildman–Crippen LogP) is 1.78. The lowest BCUT2D eigenvalue weighted by molar-refractivity contribution is -0.242. The molecule has 20 heavy (non-hydrogen) atoms. The van der Waals surface area contributed by atoms with Gasteiger partial charge in [-0.25, -0.2) is 4.39 Å². The number of carbonyl (C=O) groups excluding carboxylic acids is 1. The van der Waals surface area contributed by atoms with Crippen molar-refractivity contribution < 1.29 is 14.3 Å². The lowest BCUT2D eigenvalue weighted by atomic mass is 10.2. The number of nitrogens with one attached hydrogen (secondary N) is 2. The highest BCUT2D eigenvalue weighted by Gasteiger charge is 2.01. The molecule has 6 heteroatoms. The Morgan fingerprint density at radius 1 is 1.20 bits per heavy atom. The standard InChI is InChI=1S/C14H14FN3O2/c15-10-3-1-9(2-4-10)8-17-11-5-6-13(12(16)7-11)18-14(19)20/h1-7,17-18H,8,16H2,(H,19,20)/p-1. The number of hydrogen-bond acceptors (Lipinski definition) is 4. The molecule has 0 aliphatic heterocycles. The Labute approximate surface area is 115 Å². The van der Waals surface area contributed by atoms with Gasteiger partial charge in [0.25, 0.3) is 0 Å². The van der Waals surface area contributed by atoms with E-state index in [1.54, 1.807) is 24.3 Å². The summed E-state index contributed by atoms with van der Waals surface area (Å²) in [5, 5.41) is 15.6. The van der Waals surface area contributed by atoms with Gasteiger partial charge in [-0.05, 0) is 35.9 Å². The molecule has 2 aromatic rings. The molecular formula is C14H13FN3O2-. The minimum absolute atomic E-state index is 0.275. The van der Waals surface area contributed by atoms with Crippen LogP contribution in [-0.4, -0.2) is 6.09 Å². The van der Waals surface area contributed by atoms with Crippen LogP contribution in [0.25, 0.3) is 0 Å². The van der Waals surface area contributed by atoms with Crippen molar-refractivity contribution in [3.8, 4) is 0 Å². The maximum atomic E-state index is 12.8. The first kappa shape index (κ1) is 13.7. The van der Waals surface area contributed by atoms with Crippen LogP contribution < -0.4 is 21.5 Å². The van der Waals surface area contributed by atoms with Gasteiger partial charge in [0.1, 0.15) is 11.9 Å². The summed E-state index contributed by atoms with van der Waals surface area (Å²) >= 11 is 0. The summed E-state index contributed by atoms with van der Waals surface area (Å²) in [6.07, 6.45) is -1.41. The van der Waals surface area contributed by atoms with E-state index in [9.17, 15) is 14.3 Å². The molecule has 0 heterocycles. The molecule has 0 atom stereocenters. The molecule has 0 spiro atoms. The maximum Gasteiger partial charge on any atom is 0.138 e. The van der Waals surface area contributed by atoms with E-state index in [0.29, 0.717) is 12.2 Å². The maximum absolute atomic E-state index is 12.8. The Bertz CT molecular complexity index is 614. The Balaban J connectivity index is 2.01. The van der Waals surface area contributed by atoms with Gasteiger partial charge < -0.3 is 26.3 Å². The minimum Gasteiger partial charge on any atom is -0.530 e. The van der Waals surface area contributed by atoms with Gasteiger partial charge in [0.2, 0.25) is 0 Å². The molecule has 0 saturated heterocycles. The van der Waals surface area contributed by atoms with E-state index in [2.05, 4.69) is 10.6 Å². The van der Waals surface area contributed by atoms with Gasteiger partial charge in [0.15, 0.2) is 0 Å². The van der Waals surface area contributed by atoms with Gasteiger partial charge >= 0.3 is 0 Å². The van der Waals surface area contributed by atoms with Crippen molar-refractivity contribution in [2.45, 2.75) is 6.54 Å². The van der Waals surface area contributed by atoms with Gasteiger partial charge in [0.05, 0.1) is 11.4 Å². The molecule has 4 N–H and O–H groups in total. The van der Waals surface area contributed by atoms with Gasteiger partial charge in [-0.1, -0.05) is 12.1 Å². The summed E-state index contributed by atoms with van der Waals surface area (Å²) in [5.41, 5.74) is 7.93. The van der Waals surface area contributed by atoms with Crippen molar-refractivity contribution in [1.82, 2.24) is 0 Å². The van der Waals surface area contributed by atoms with Crippen LogP contribution in [0.1, 0.15) is 5.56 Å². The first-order valence-electron chi connectivity index (χ1n) is 5.90. The van der Waals surface area contributed by atoms with E-state index in [-0.39, 0.29) is 11.5 Å². The lowest BCUT2D eigenvalue weighted by Crippen LogP contribution is -2.29. The first-order chi connectivity index (χ1) is 9.54. The van der Waals surface area contributed by atoms with Crippen LogP contribution in [0.5, 0.6) is 0 Å². The number of carbonyl (C=O) groups is 1. The van der Waals surface area contributed by atoms with Crippen LogP contribution >= 0.6 is 0 Å². The van der Waals surface area contributed by atoms with Crippen molar-refractivity contribution in [3.63, 3.8) is 0 Å². The van der Waals surface area contributed by atoms with Gasteiger partial charge in [-0.2, -0.15) is 0 Å². The quantitative estimate of drug-likeness (QED) is 0.741. The predicted molar refractivity (Wildman–Crippen MR) is 73.6 cm³/mol. The van der Waals surface area contributed by atoms with Gasteiger partial charge in [-0.15, -0.1) is 0 Å². The first-order valence-corrected chi connectivity index (χ1v) is 5.90. The molecule has 0 unspecified atom stereocenters. The summed E-state index contributed by atoms with van der Waals surface area (Å²) < 4.78 is 12.8. The topological polar surface area (TPSA) is 90.2 Å². The second-order valence-electron chi connectivity index (χ2n) is 4.19. The molecule has 2 aromatic carbocycles. The SMILES string of the molecule is Nc1cc(NCc2ccc(F)cc2)ccc1NC(=O)[O-]. The van der Waals surface area contributed by atoms with Crippen molar-refractivity contribution in [2.24, 2.45) is 0 Å². The molecule has 2 rings (SSSR count). The fourth-order valence-electron chi connectivity index (χ4n) is 1.70. The molecular weight excluding hydrogens is 261 g/mol. The third-order valence-corrected chi connectivity index (χ3v) is 2.70. The number of halogens is 1. The van der Waals surface area contributed by atoms with Crippen LogP contribution in [0, 0.1) is 5.82 Å².